The summed E-state index contributed by atoms with van der Waals surface area (Å²) in [6.45, 7) is 7.87. The second kappa shape index (κ2) is 9.95. The molecule has 0 aromatic heterocycles. The molecule has 0 saturated carbocycles. The number of benzene rings is 3. The zero-order valence-corrected chi connectivity index (χ0v) is 21.7. The summed E-state index contributed by atoms with van der Waals surface area (Å²) in [7, 11) is -3.87. The highest BCUT2D eigenvalue weighted by Gasteiger charge is 2.31. The highest BCUT2D eigenvalue weighted by atomic mass is 32.2. The number of rotatable bonds is 7. The molecule has 4 rings (SSSR count). The number of carboxylic acid groups (broad SMARTS) is 1. The maximum atomic E-state index is 13.0. The first-order chi connectivity index (χ1) is 16.9. The molecule has 1 aliphatic heterocycles. The standard InChI is InChI=1S/C28H31NO6S/c1-18-15-21(29-36(32,33)22-10-6-5-7-11-22)17-23(26(27(30)31)35-28(2,3)4)25(18)20-12-13-24-19(16-20)9-8-14-34-24/h5-7,10-13,15-17,26,29H,8-9,14H2,1-4H3,(H,30,31). The van der Waals surface area contributed by atoms with Crippen molar-refractivity contribution in [2.24, 2.45) is 0 Å². The van der Waals surface area contributed by atoms with Crippen molar-refractivity contribution >= 4 is 21.7 Å². The lowest BCUT2D eigenvalue weighted by atomic mass is 9.89. The minimum absolute atomic E-state index is 0.115. The van der Waals surface area contributed by atoms with Gasteiger partial charge < -0.3 is 14.6 Å². The summed E-state index contributed by atoms with van der Waals surface area (Å²) in [5, 5.41) is 10.2. The molecule has 8 heteroatoms. The van der Waals surface area contributed by atoms with Crippen LogP contribution in [-0.4, -0.2) is 31.7 Å². The third kappa shape index (κ3) is 5.71. The number of aliphatic carboxylic acids is 1. The Morgan fingerprint density at radius 1 is 1.08 bits per heavy atom. The summed E-state index contributed by atoms with van der Waals surface area (Å²) in [5.41, 5.74) is 3.19. The lowest BCUT2D eigenvalue weighted by Crippen LogP contribution is -2.28. The van der Waals surface area contributed by atoms with E-state index in [2.05, 4.69) is 4.72 Å². The van der Waals surface area contributed by atoms with Gasteiger partial charge in [-0.15, -0.1) is 0 Å². The second-order valence-corrected chi connectivity index (χ2v) is 11.6. The summed E-state index contributed by atoms with van der Waals surface area (Å²) in [4.78, 5) is 12.6. The highest BCUT2D eigenvalue weighted by Crippen LogP contribution is 2.40. The van der Waals surface area contributed by atoms with Crippen LogP contribution in [0.1, 0.15) is 50.0 Å². The van der Waals surface area contributed by atoms with Crippen molar-refractivity contribution in [1.82, 2.24) is 0 Å². The molecule has 0 amide bonds. The fourth-order valence-corrected chi connectivity index (χ4v) is 5.47. The van der Waals surface area contributed by atoms with Crippen LogP contribution in [0.5, 0.6) is 5.75 Å². The molecule has 1 aliphatic rings. The number of carbonyl (C=O) groups is 1. The molecule has 1 heterocycles. The van der Waals surface area contributed by atoms with Gasteiger partial charge in [0.2, 0.25) is 0 Å². The van der Waals surface area contributed by atoms with Crippen molar-refractivity contribution in [1.29, 1.82) is 0 Å². The zero-order valence-electron chi connectivity index (χ0n) is 20.9. The van der Waals surface area contributed by atoms with Gasteiger partial charge in [0.25, 0.3) is 10.0 Å². The fraction of sp³-hybridized carbons (Fsp3) is 0.321. The van der Waals surface area contributed by atoms with E-state index >= 15 is 0 Å². The Balaban J connectivity index is 1.87. The van der Waals surface area contributed by atoms with Gasteiger partial charge in [0, 0.05) is 11.3 Å². The van der Waals surface area contributed by atoms with E-state index in [1.54, 1.807) is 51.1 Å². The molecule has 3 aromatic rings. The topological polar surface area (TPSA) is 102 Å². The number of hydrogen-bond donors (Lipinski definition) is 2. The van der Waals surface area contributed by atoms with E-state index in [-0.39, 0.29) is 10.6 Å². The Kier molecular flexibility index (Phi) is 7.11. The molecule has 0 saturated heterocycles. The molecule has 1 atom stereocenters. The molecule has 3 aromatic carbocycles. The smallest absolute Gasteiger partial charge is 0.337 e. The normalized spacial score (nSPS) is 14.4. The van der Waals surface area contributed by atoms with Gasteiger partial charge in [0.05, 0.1) is 17.1 Å². The molecule has 36 heavy (non-hydrogen) atoms. The summed E-state index contributed by atoms with van der Waals surface area (Å²) < 4.78 is 40.3. The molecular weight excluding hydrogens is 478 g/mol. The average Bonchev–Trinajstić information content (AvgIpc) is 2.81. The number of anilines is 1. The Hall–Kier alpha value is -3.36. The van der Waals surface area contributed by atoms with Gasteiger partial charge in [0.1, 0.15) is 5.75 Å². The minimum Gasteiger partial charge on any atom is -0.493 e. The van der Waals surface area contributed by atoms with Gasteiger partial charge in [-0.25, -0.2) is 13.2 Å². The van der Waals surface area contributed by atoms with E-state index in [4.69, 9.17) is 9.47 Å². The largest absolute Gasteiger partial charge is 0.493 e. The molecule has 7 nitrogen and oxygen atoms in total. The number of ether oxygens (including phenoxy) is 2. The molecule has 0 fully saturated rings. The Bertz CT molecular complexity index is 1380. The van der Waals surface area contributed by atoms with Crippen LogP contribution in [0.15, 0.2) is 65.6 Å². The maximum Gasteiger partial charge on any atom is 0.337 e. The third-order valence-corrected chi connectivity index (χ3v) is 7.24. The number of nitrogens with one attached hydrogen (secondary N) is 1. The minimum atomic E-state index is -3.87. The number of aryl methyl sites for hydroxylation is 2. The van der Waals surface area contributed by atoms with Gasteiger partial charge in [-0.1, -0.05) is 24.3 Å². The van der Waals surface area contributed by atoms with Gasteiger partial charge in [-0.05, 0) is 99.2 Å². The van der Waals surface area contributed by atoms with Gasteiger partial charge in [-0.2, -0.15) is 0 Å². The van der Waals surface area contributed by atoms with Crippen LogP contribution in [0.25, 0.3) is 11.1 Å². The van der Waals surface area contributed by atoms with E-state index in [1.165, 1.54) is 12.1 Å². The first-order valence-electron chi connectivity index (χ1n) is 11.8. The van der Waals surface area contributed by atoms with Crippen LogP contribution in [0, 0.1) is 6.92 Å². The van der Waals surface area contributed by atoms with Crippen molar-refractivity contribution in [2.45, 2.75) is 57.1 Å². The molecule has 2 N–H and O–H groups in total. The Morgan fingerprint density at radius 2 is 1.81 bits per heavy atom. The van der Waals surface area contributed by atoms with Crippen molar-refractivity contribution in [3.63, 3.8) is 0 Å². The van der Waals surface area contributed by atoms with Crippen LogP contribution in [0.3, 0.4) is 0 Å². The summed E-state index contributed by atoms with van der Waals surface area (Å²) in [6.07, 6.45) is 0.466. The van der Waals surface area contributed by atoms with Gasteiger partial charge >= 0.3 is 5.97 Å². The highest BCUT2D eigenvalue weighted by molar-refractivity contribution is 7.92. The lowest BCUT2D eigenvalue weighted by molar-refractivity contribution is -0.160. The van der Waals surface area contributed by atoms with Gasteiger partial charge in [0.15, 0.2) is 6.10 Å². The van der Waals surface area contributed by atoms with E-state index in [0.29, 0.717) is 17.7 Å². The quantitative estimate of drug-likeness (QED) is 0.422. The second-order valence-electron chi connectivity index (χ2n) is 9.90. The number of fused-ring (bicyclic) bond motifs is 1. The summed E-state index contributed by atoms with van der Waals surface area (Å²) in [6, 6.07) is 17.1. The van der Waals surface area contributed by atoms with Crippen LogP contribution in [-0.2, 0) is 26.0 Å². The first-order valence-corrected chi connectivity index (χ1v) is 13.3. The van der Waals surface area contributed by atoms with Crippen LogP contribution in [0.2, 0.25) is 0 Å². The summed E-state index contributed by atoms with van der Waals surface area (Å²) >= 11 is 0. The number of carboxylic acids is 1. The third-order valence-electron chi connectivity index (χ3n) is 5.85. The van der Waals surface area contributed by atoms with Crippen molar-refractivity contribution in [3.8, 4) is 16.9 Å². The van der Waals surface area contributed by atoms with Crippen LogP contribution in [0.4, 0.5) is 5.69 Å². The van der Waals surface area contributed by atoms with Crippen LogP contribution < -0.4 is 9.46 Å². The molecule has 1 unspecified atom stereocenters. The average molecular weight is 510 g/mol. The van der Waals surface area contributed by atoms with E-state index in [1.807, 2.05) is 25.1 Å². The number of sulfonamides is 1. The van der Waals surface area contributed by atoms with E-state index in [0.717, 1.165) is 35.3 Å². The molecule has 0 bridgehead atoms. The monoisotopic (exact) mass is 509 g/mol. The van der Waals surface area contributed by atoms with Crippen molar-refractivity contribution < 1.29 is 27.8 Å². The molecule has 0 spiro atoms. The Morgan fingerprint density at radius 3 is 2.47 bits per heavy atom. The zero-order chi connectivity index (χ0) is 26.1. The predicted octanol–water partition coefficient (Wildman–Crippen LogP) is 5.73. The van der Waals surface area contributed by atoms with Crippen LogP contribution >= 0.6 is 0 Å². The molecule has 190 valence electrons. The van der Waals surface area contributed by atoms with Gasteiger partial charge in [-0.3, -0.25) is 4.72 Å². The molecule has 0 aliphatic carbocycles. The van der Waals surface area contributed by atoms with E-state index < -0.39 is 27.7 Å². The predicted molar refractivity (Wildman–Crippen MR) is 139 cm³/mol. The van der Waals surface area contributed by atoms with Crippen molar-refractivity contribution in [2.75, 3.05) is 11.3 Å². The maximum absolute atomic E-state index is 13.0. The molecule has 0 radical (unpaired) electrons. The fourth-order valence-electron chi connectivity index (χ4n) is 4.40. The summed E-state index contributed by atoms with van der Waals surface area (Å²) in [5.74, 6) is -0.327. The lowest BCUT2D eigenvalue weighted by Gasteiger charge is -2.28. The Labute approximate surface area is 212 Å². The van der Waals surface area contributed by atoms with Crippen molar-refractivity contribution in [3.05, 3.63) is 77.4 Å². The number of hydrogen-bond acceptors (Lipinski definition) is 5. The first kappa shape index (κ1) is 25.7. The van der Waals surface area contributed by atoms with E-state index in [9.17, 15) is 18.3 Å². The SMILES string of the molecule is Cc1cc(NS(=O)(=O)c2ccccc2)cc(C(OC(C)(C)C)C(=O)O)c1-c1ccc2c(c1)CCCO2. The molecular formula is C28H31NO6S.